The van der Waals surface area contributed by atoms with E-state index in [1.165, 1.54) is 51.6 Å². The number of para-hydroxylation sites is 2. The number of phenols is 2. The Kier molecular flexibility index (Phi) is 21.6. The zero-order chi connectivity index (χ0) is 83.9. The molecule has 16 atom stereocenters. The third-order valence-electron chi connectivity index (χ3n) is 26.1. The molecule has 1 radical (unpaired) electrons. The number of fused-ring (bicyclic) bond motifs is 22. The van der Waals surface area contributed by atoms with Crippen molar-refractivity contribution in [2.75, 3.05) is 66.6 Å². The van der Waals surface area contributed by atoms with Crippen molar-refractivity contribution in [3.63, 3.8) is 0 Å². The molecule has 4 saturated heterocycles. The molecule has 22 rings (SSSR count). The number of esters is 4. The van der Waals surface area contributed by atoms with Gasteiger partial charge in [0.05, 0.1) is 72.4 Å². The summed E-state index contributed by atoms with van der Waals surface area (Å²) < 4.78 is 61.0. The largest absolute Gasteiger partial charge is 0.504 e. The molecule has 4 fully saturated rings. The molecule has 14 aliphatic rings. The molecule has 6 aromatic carbocycles. The predicted molar refractivity (Wildman–Crippen MR) is 428 cm³/mol. The standard InChI is InChI=1S/C42H41N5O10S.C41H42N4O11S.CH4.Ag.HNO3/c1-17-10-20-11-25-26(13-43)47-27-14-54-41(52)42(39-22(12-24(45-42)40(50)51)21-8-6-7-9-23(21)44-39)15-58-38(32(47)31(46(25)4)28(20)33(49)34(17)53-5)30-29(27)37-36(55-16-56-37)18(2)35(30)57-19(3)48;1-16-10-19-11-24-38(48)45-25-13-53-40(51)41(37-21(12-23(43-41)39(49)50)20-8-6-7-9-22(20)42-37)14-57-36(30(45)29(44(24)4)26(19)31(47)32(16)52-5)28-27(25)35-34(54-15-55-35)17(2)33(28)56-18(3)46;;;2-1(3)4/h6-10,24-27,31-32,38,44-45,49H,11-12,14-16H2,1-5H3,(H,50,51);6-10,23-25,29-30,36,38,42-43,47-48H,11-15H2,1-5H3,(H,49,50);1H4;;(H,2,3,4)/t24-,25-,26-,27-,31+,32+,38+,42+;23-,24-,25-,29+,30+,36+,38-,41+;;;/m00.../s1. The molecule has 37 heteroatoms. The van der Waals surface area contributed by atoms with Crippen LogP contribution in [0.2, 0.25) is 0 Å². The number of rotatable bonds is 6. The summed E-state index contributed by atoms with van der Waals surface area (Å²) in [5.41, 5.74) is 8.75. The number of benzene rings is 6. The number of aliphatic hydroxyl groups excluding tert-OH is 1. The van der Waals surface area contributed by atoms with E-state index in [0.29, 0.717) is 114 Å². The number of carbonyl (C=O) groups is 6. The molecule has 14 aliphatic heterocycles. The van der Waals surface area contributed by atoms with Gasteiger partial charge < -0.3 is 88.1 Å². The van der Waals surface area contributed by atoms with E-state index in [9.17, 15) is 54.8 Å². The number of phenolic OH excluding ortho intramolecular Hbond substituents is 2. The number of piperazine rings is 2. The Balaban J connectivity index is 0.000000170. The molecule has 0 saturated carbocycles. The minimum atomic E-state index is -1.67. The quantitative estimate of drug-likeness (QED) is 0.0247. The van der Waals surface area contributed by atoms with Crippen LogP contribution < -0.4 is 48.5 Å². The van der Waals surface area contributed by atoms with Crippen molar-refractivity contribution in [2.24, 2.45) is 0 Å². The number of aryl methyl sites for hydroxylation is 2. The summed E-state index contributed by atoms with van der Waals surface area (Å²) in [5, 5.41) is 89.3. The SMILES string of the molecule is C.COc1c(C)cc2c(c1O)[C@@H]1[C@@H]3[C@@H]4SC[C@]5(N[C@H](C(=O)O)Cc6c5[nH]c5ccccc65)C(=O)OC[C@@H](c5c6c(c(C)c(OC(C)=O)c54)OCO6)N3[C@@H](C#N)[C@H](C2)N1C.COc1c(C)cc2c(c1O)[C@@H]1[C@@H]3[C@@H]4SC[C@]5(N[C@H](C(=O)O)Cc6c5[nH]c5ccccc65)C(=O)OC[C@@H](c5c6c(c(C)c(OC(C)=O)c54)OCO6)N3[C@@H](O)[C@H](C2)N1C.O=[N+]([O-])O.[Ag]. The molecule has 0 aliphatic carbocycles. The van der Waals surface area contributed by atoms with Crippen molar-refractivity contribution in [1.29, 1.82) is 5.26 Å². The molecule has 2 aromatic heterocycles. The van der Waals surface area contributed by atoms with Crippen LogP contribution in [0.5, 0.6) is 57.5 Å². The van der Waals surface area contributed by atoms with Gasteiger partial charge in [-0.25, -0.2) is 9.59 Å². The van der Waals surface area contributed by atoms with Crippen LogP contribution in [0.25, 0.3) is 21.8 Å². The molecule has 121 heavy (non-hydrogen) atoms. The molecule has 0 amide bonds. The maximum atomic E-state index is 15.0. The maximum absolute atomic E-state index is 15.0. The number of thioether (sulfide) groups is 2. The molecule has 2 spiro atoms. The maximum Gasteiger partial charge on any atom is 0.333 e. The summed E-state index contributed by atoms with van der Waals surface area (Å²) in [6.45, 7) is 9.26. The number of aromatic hydroxyl groups is 2. The van der Waals surface area contributed by atoms with E-state index in [1.54, 1.807) is 13.8 Å². The number of aromatic nitrogens is 2. The number of hydrogen-bond donors (Lipinski definition) is 10. The molecule has 0 unspecified atom stereocenters. The molecular weight excluding hydrogens is 1700 g/mol. The van der Waals surface area contributed by atoms with Crippen LogP contribution in [0.4, 0.5) is 0 Å². The van der Waals surface area contributed by atoms with E-state index in [0.717, 1.165) is 44.1 Å². The van der Waals surface area contributed by atoms with Crippen LogP contribution in [0.15, 0.2) is 60.7 Å². The number of carboxylic acids is 2. The normalized spacial score (nSPS) is 28.4. The fourth-order valence-electron chi connectivity index (χ4n) is 21.4. The average Bonchev–Trinajstić information content (AvgIpc) is 1.45. The van der Waals surface area contributed by atoms with Gasteiger partial charge in [-0.05, 0) is 100 Å². The number of hydrogen-bond acceptors (Lipinski definition) is 30. The van der Waals surface area contributed by atoms with E-state index < -0.39 is 129 Å². The molecule has 641 valence electrons. The predicted octanol–water partition coefficient (Wildman–Crippen LogP) is 8.13. The number of methoxy groups -OCH3 is 2. The number of likely N-dealkylation sites (N-methyl/N-ethyl adjacent to an activating group) is 2. The summed E-state index contributed by atoms with van der Waals surface area (Å²) in [6, 6.07) is 13.9. The molecule has 10 N–H and O–H groups in total. The van der Waals surface area contributed by atoms with Crippen molar-refractivity contribution >= 4 is 81.1 Å². The number of nitrogens with zero attached hydrogens (tertiary/aromatic N) is 6. The fourth-order valence-corrected chi connectivity index (χ4v) is 24.8. The second-order valence-corrected chi connectivity index (χ2v) is 34.3. The third-order valence-corrected chi connectivity index (χ3v) is 29.0. The van der Waals surface area contributed by atoms with Crippen LogP contribution in [0, 0.1) is 49.1 Å². The van der Waals surface area contributed by atoms with Crippen molar-refractivity contribution < 1.29 is 134 Å². The van der Waals surface area contributed by atoms with E-state index in [-0.39, 0.29) is 110 Å². The van der Waals surface area contributed by atoms with E-state index in [2.05, 4.69) is 41.4 Å². The number of nitriles is 1. The second kappa shape index (κ2) is 31.1. The number of carbonyl (C=O) groups excluding carboxylic acids is 4. The topological polar surface area (TPSA) is 452 Å². The van der Waals surface area contributed by atoms with Gasteiger partial charge in [-0.1, -0.05) is 56.0 Å². The zero-order valence-electron chi connectivity index (χ0n) is 66.3. The number of aliphatic carboxylic acids is 2. The van der Waals surface area contributed by atoms with Crippen molar-refractivity contribution in [2.45, 2.75) is 169 Å². The molecule has 8 aromatic rings. The zero-order valence-corrected chi connectivity index (χ0v) is 69.4. The van der Waals surface area contributed by atoms with Gasteiger partial charge >= 0.3 is 35.8 Å². The van der Waals surface area contributed by atoms with Gasteiger partial charge in [0, 0.05) is 145 Å². The van der Waals surface area contributed by atoms with Crippen molar-refractivity contribution in [3.05, 3.63) is 160 Å². The molecule has 8 bridgehead atoms. The van der Waals surface area contributed by atoms with Gasteiger partial charge in [0.25, 0.3) is 5.09 Å². The summed E-state index contributed by atoms with van der Waals surface area (Å²) in [7, 11) is 6.92. The summed E-state index contributed by atoms with van der Waals surface area (Å²) in [5.74, 6) is -1.86. The van der Waals surface area contributed by atoms with Gasteiger partial charge in [0.2, 0.25) is 13.6 Å². The van der Waals surface area contributed by atoms with Crippen LogP contribution in [0.3, 0.4) is 0 Å². The van der Waals surface area contributed by atoms with Crippen molar-refractivity contribution in [1.82, 2.24) is 40.2 Å². The number of aliphatic hydroxyl groups is 1. The summed E-state index contributed by atoms with van der Waals surface area (Å²) in [4.78, 5) is 105. The molecule has 34 nitrogen and oxygen atoms in total. The van der Waals surface area contributed by atoms with Crippen molar-refractivity contribution in [3.8, 4) is 63.6 Å². The van der Waals surface area contributed by atoms with Gasteiger partial charge in [-0.3, -0.25) is 49.4 Å². The number of carboxylic acid groups (broad SMARTS) is 2. The Morgan fingerprint density at radius 2 is 1.00 bits per heavy atom. The van der Waals surface area contributed by atoms with Gasteiger partial charge in [-0.2, -0.15) is 5.26 Å². The molecule has 16 heterocycles. The summed E-state index contributed by atoms with van der Waals surface area (Å²) >= 11 is 2.74. The Morgan fingerprint density at radius 1 is 0.603 bits per heavy atom. The number of nitrogens with one attached hydrogen (secondary N) is 4. The monoisotopic (exact) mass is 1790 g/mol. The fraction of sp³-hybridized carbons (Fsp3) is 0.440. The van der Waals surface area contributed by atoms with Gasteiger partial charge in [0.1, 0.15) is 49.1 Å². The molecular formula is C84H88AgN10O24S2. The number of aromatic amines is 2. The van der Waals surface area contributed by atoms with E-state index >= 15 is 4.79 Å². The number of H-pyrrole nitrogens is 2. The van der Waals surface area contributed by atoms with Gasteiger partial charge in [-0.15, -0.1) is 33.6 Å². The first-order valence-corrected chi connectivity index (χ1v) is 40.8. The Labute approximate surface area is 715 Å². The minimum Gasteiger partial charge on any atom is -0.504 e. The average molecular weight is 1790 g/mol. The Morgan fingerprint density at radius 3 is 1.41 bits per heavy atom. The van der Waals surface area contributed by atoms with E-state index in [1.807, 2.05) is 93.5 Å². The third kappa shape index (κ3) is 12.5. The Hall–Kier alpha value is -10.5. The smallest absolute Gasteiger partial charge is 0.333 e. The van der Waals surface area contributed by atoms with Gasteiger partial charge in [0.15, 0.2) is 57.1 Å². The van der Waals surface area contributed by atoms with Crippen LogP contribution in [-0.2, 0) is 97.4 Å². The first-order valence-electron chi connectivity index (χ1n) is 38.7. The van der Waals surface area contributed by atoms with E-state index in [4.69, 9.17) is 62.7 Å². The van der Waals surface area contributed by atoms with Crippen LogP contribution in [0.1, 0.15) is 145 Å². The minimum absolute atomic E-state index is 0. The first kappa shape index (κ1) is 84.1. The number of ether oxygens (including phenoxy) is 10. The second-order valence-electron chi connectivity index (χ2n) is 32.1. The Bertz CT molecular complexity index is 5780. The summed E-state index contributed by atoms with van der Waals surface area (Å²) in [6.07, 6.45) is 0.0455. The van der Waals surface area contributed by atoms with Crippen LogP contribution >= 0.6 is 23.5 Å². The van der Waals surface area contributed by atoms with Crippen LogP contribution in [-0.4, -0.2) is 216 Å². The first-order chi connectivity index (χ1) is 57.0.